The van der Waals surface area contributed by atoms with Gasteiger partial charge in [0.2, 0.25) is 5.82 Å². The number of Topliss-reactive ketones (excluding diaryl/α,β-unsaturated/α-hetero) is 2. The lowest BCUT2D eigenvalue weighted by atomic mass is 9.86. The Morgan fingerprint density at radius 3 is 2.46 bits per heavy atom. The molecule has 2 fully saturated rings. The summed E-state index contributed by atoms with van der Waals surface area (Å²) < 4.78 is 26.1. The summed E-state index contributed by atoms with van der Waals surface area (Å²) in [5, 5.41) is 23.8. The number of ketones is 2. The van der Waals surface area contributed by atoms with Gasteiger partial charge in [-0.25, -0.2) is 4.39 Å². The van der Waals surface area contributed by atoms with Gasteiger partial charge in [0.05, 0.1) is 17.8 Å². The molecule has 5 rings (SSSR count). The fourth-order valence-electron chi connectivity index (χ4n) is 5.25. The highest BCUT2D eigenvalue weighted by molar-refractivity contribution is 5.99. The summed E-state index contributed by atoms with van der Waals surface area (Å²) in [6.45, 7) is 3.69. The van der Waals surface area contributed by atoms with Gasteiger partial charge < -0.3 is 19.5 Å². The van der Waals surface area contributed by atoms with Crippen LogP contribution in [0.15, 0.2) is 47.0 Å². The second-order valence-corrected chi connectivity index (χ2v) is 10.8. The Morgan fingerprint density at radius 1 is 1.08 bits per heavy atom. The standard InChI is InChI=1S/C30H33FN2O6/c1-16(22-12-14-26(35)28(22)37)3-13-25(34)23-11-8-20(15-24(23)31)29-32-30(39-33-29)17(2)38-21-9-6-19(7-10-21)27(36)18-4-5-18/h6-11,15-18,22,26,28,35,37H,3-5,12-14H2,1-2H3/t16-,17-,22?,26-,28+/m1/s1. The van der Waals surface area contributed by atoms with Gasteiger partial charge in [-0.15, -0.1) is 0 Å². The average Bonchev–Trinajstić information content (AvgIpc) is 3.56. The largest absolute Gasteiger partial charge is 0.481 e. The lowest BCUT2D eigenvalue weighted by Gasteiger charge is -2.23. The molecule has 0 spiro atoms. The molecule has 8 nitrogen and oxygen atoms in total. The Balaban J connectivity index is 1.18. The molecule has 39 heavy (non-hydrogen) atoms. The van der Waals surface area contributed by atoms with E-state index < -0.39 is 24.1 Å². The fourth-order valence-corrected chi connectivity index (χ4v) is 5.25. The van der Waals surface area contributed by atoms with Crippen molar-refractivity contribution >= 4 is 11.6 Å². The number of benzene rings is 2. The molecular weight excluding hydrogens is 503 g/mol. The Kier molecular flexibility index (Phi) is 7.91. The summed E-state index contributed by atoms with van der Waals surface area (Å²) in [7, 11) is 0. The van der Waals surface area contributed by atoms with Gasteiger partial charge in [0.1, 0.15) is 11.6 Å². The van der Waals surface area contributed by atoms with Crippen molar-refractivity contribution < 1.29 is 33.5 Å². The van der Waals surface area contributed by atoms with Crippen molar-refractivity contribution in [3.63, 3.8) is 0 Å². The van der Waals surface area contributed by atoms with Gasteiger partial charge >= 0.3 is 0 Å². The molecule has 2 aliphatic rings. The normalized spacial score (nSPS) is 22.4. The SMILES string of the molecule is C[C@H](CCC(=O)c1ccc(-c2noc([C@@H](C)Oc3ccc(C(=O)C4CC4)cc3)n2)cc1F)C1CC[C@@H](O)[C@H]1O. The Labute approximate surface area is 226 Å². The smallest absolute Gasteiger partial charge is 0.267 e. The van der Waals surface area contributed by atoms with Gasteiger partial charge in [0.15, 0.2) is 17.7 Å². The highest BCUT2D eigenvalue weighted by Gasteiger charge is 2.36. The number of rotatable bonds is 11. The quantitative estimate of drug-likeness (QED) is 0.315. The number of hydrogen-bond acceptors (Lipinski definition) is 8. The molecule has 9 heteroatoms. The van der Waals surface area contributed by atoms with Crippen molar-refractivity contribution in [2.45, 2.75) is 70.7 Å². The zero-order chi connectivity index (χ0) is 27.7. The number of halogens is 1. The van der Waals surface area contributed by atoms with E-state index in [0.717, 1.165) is 12.8 Å². The minimum absolute atomic E-state index is 0.0120. The maximum atomic E-state index is 14.9. The number of carbonyl (C=O) groups is 2. The van der Waals surface area contributed by atoms with E-state index in [1.807, 2.05) is 6.92 Å². The van der Waals surface area contributed by atoms with Crippen LogP contribution >= 0.6 is 0 Å². The topological polar surface area (TPSA) is 123 Å². The van der Waals surface area contributed by atoms with Crippen LogP contribution in [0.2, 0.25) is 0 Å². The second-order valence-electron chi connectivity index (χ2n) is 10.8. The molecule has 2 saturated carbocycles. The number of ether oxygens (including phenoxy) is 1. The number of aromatic nitrogens is 2. The molecule has 1 aromatic heterocycles. The molecule has 5 atom stereocenters. The third-order valence-corrected chi connectivity index (χ3v) is 7.90. The molecule has 3 aromatic rings. The maximum Gasteiger partial charge on any atom is 0.267 e. The molecular formula is C30H33FN2O6. The Morgan fingerprint density at radius 2 is 1.82 bits per heavy atom. The lowest BCUT2D eigenvalue weighted by molar-refractivity contribution is 0.00704. The van der Waals surface area contributed by atoms with Gasteiger partial charge in [-0.2, -0.15) is 4.98 Å². The van der Waals surface area contributed by atoms with Gasteiger partial charge in [-0.05, 0) is 87.3 Å². The van der Waals surface area contributed by atoms with Crippen molar-refractivity contribution in [1.29, 1.82) is 0 Å². The Hall–Kier alpha value is -3.43. The molecule has 1 unspecified atom stereocenters. The predicted molar refractivity (Wildman–Crippen MR) is 140 cm³/mol. The number of hydrogen-bond donors (Lipinski definition) is 2. The summed E-state index contributed by atoms with van der Waals surface area (Å²) in [6, 6.07) is 11.2. The van der Waals surface area contributed by atoms with E-state index in [4.69, 9.17) is 9.26 Å². The van der Waals surface area contributed by atoms with Crippen molar-refractivity contribution in [2.75, 3.05) is 0 Å². The minimum atomic E-state index is -0.776. The zero-order valence-corrected chi connectivity index (χ0v) is 22.0. The molecule has 0 saturated heterocycles. The van der Waals surface area contributed by atoms with Crippen molar-refractivity contribution in [3.05, 3.63) is 65.3 Å². The number of carbonyl (C=O) groups excluding carboxylic acids is 2. The summed E-state index contributed by atoms with van der Waals surface area (Å²) in [5.74, 6) is 0.233. The van der Waals surface area contributed by atoms with E-state index in [0.29, 0.717) is 36.1 Å². The van der Waals surface area contributed by atoms with E-state index in [9.17, 15) is 24.2 Å². The molecule has 206 valence electrons. The predicted octanol–water partition coefficient (Wildman–Crippen LogP) is 5.34. The molecule has 2 N–H and O–H groups in total. The van der Waals surface area contributed by atoms with Gasteiger partial charge in [-0.1, -0.05) is 18.1 Å². The first-order valence-electron chi connectivity index (χ1n) is 13.5. The lowest BCUT2D eigenvalue weighted by Crippen LogP contribution is -2.29. The third kappa shape index (κ3) is 6.09. The van der Waals surface area contributed by atoms with Crippen LogP contribution in [0, 0.1) is 23.6 Å². The van der Waals surface area contributed by atoms with Gasteiger partial charge in [-0.3, -0.25) is 9.59 Å². The number of aliphatic hydroxyl groups is 2. The first kappa shape index (κ1) is 27.1. The van der Waals surface area contributed by atoms with Crippen LogP contribution in [0.25, 0.3) is 11.4 Å². The van der Waals surface area contributed by atoms with E-state index in [-0.39, 0.29) is 53.0 Å². The highest BCUT2D eigenvalue weighted by atomic mass is 19.1. The maximum absolute atomic E-state index is 14.9. The molecule has 2 aromatic carbocycles. The minimum Gasteiger partial charge on any atom is -0.481 e. The molecule has 2 aliphatic carbocycles. The molecule has 0 amide bonds. The molecule has 0 radical (unpaired) electrons. The third-order valence-electron chi connectivity index (χ3n) is 7.90. The fraction of sp³-hybridized carbons (Fsp3) is 0.467. The van der Waals surface area contributed by atoms with Crippen LogP contribution < -0.4 is 4.74 Å². The van der Waals surface area contributed by atoms with Gasteiger partial charge in [0, 0.05) is 23.5 Å². The van der Waals surface area contributed by atoms with Crippen molar-refractivity contribution in [2.24, 2.45) is 17.8 Å². The second kappa shape index (κ2) is 11.4. The first-order chi connectivity index (χ1) is 18.7. The molecule has 0 aliphatic heterocycles. The highest BCUT2D eigenvalue weighted by Crippen LogP contribution is 2.35. The van der Waals surface area contributed by atoms with Crippen molar-refractivity contribution in [3.8, 4) is 17.1 Å². The summed E-state index contributed by atoms with van der Waals surface area (Å²) in [5.41, 5.74) is 1.02. The van der Waals surface area contributed by atoms with Crippen LogP contribution in [0.5, 0.6) is 5.75 Å². The van der Waals surface area contributed by atoms with Crippen LogP contribution in [0.1, 0.15) is 85.1 Å². The van der Waals surface area contributed by atoms with Crippen molar-refractivity contribution in [1.82, 2.24) is 10.1 Å². The summed E-state index contributed by atoms with van der Waals surface area (Å²) >= 11 is 0. The summed E-state index contributed by atoms with van der Waals surface area (Å²) in [4.78, 5) is 29.2. The van der Waals surface area contributed by atoms with E-state index >= 15 is 0 Å². The average molecular weight is 537 g/mol. The van der Waals surface area contributed by atoms with E-state index in [1.165, 1.54) is 12.1 Å². The monoisotopic (exact) mass is 536 g/mol. The van der Waals surface area contributed by atoms with E-state index in [2.05, 4.69) is 10.1 Å². The van der Waals surface area contributed by atoms with Crippen LogP contribution in [-0.2, 0) is 0 Å². The van der Waals surface area contributed by atoms with Crippen LogP contribution in [-0.4, -0.2) is 44.1 Å². The van der Waals surface area contributed by atoms with E-state index in [1.54, 1.807) is 37.3 Å². The van der Waals surface area contributed by atoms with Crippen LogP contribution in [0.3, 0.4) is 0 Å². The molecule has 1 heterocycles. The zero-order valence-electron chi connectivity index (χ0n) is 22.0. The van der Waals surface area contributed by atoms with Gasteiger partial charge in [0.25, 0.3) is 5.89 Å². The Bertz CT molecular complexity index is 1340. The number of aliphatic hydroxyl groups excluding tert-OH is 2. The first-order valence-corrected chi connectivity index (χ1v) is 13.5. The summed E-state index contributed by atoms with van der Waals surface area (Å²) in [6.07, 6.45) is 1.75. The van der Waals surface area contributed by atoms with Crippen LogP contribution in [0.4, 0.5) is 4.39 Å². The number of nitrogens with zero attached hydrogens (tertiary/aromatic N) is 2. The molecule has 0 bridgehead atoms.